The number of aromatic nitrogens is 2. The van der Waals surface area contributed by atoms with Crippen molar-refractivity contribution in [2.45, 2.75) is 44.9 Å². The van der Waals surface area contributed by atoms with E-state index >= 15 is 0 Å². The number of carboxylic acid groups (broad SMARTS) is 1. The lowest BCUT2D eigenvalue weighted by molar-refractivity contribution is -0.151. The van der Waals surface area contributed by atoms with Crippen molar-refractivity contribution in [1.82, 2.24) is 14.5 Å². The Morgan fingerprint density at radius 2 is 2.14 bits per heavy atom. The first kappa shape index (κ1) is 16.0. The highest BCUT2D eigenvalue weighted by Gasteiger charge is 2.45. The summed E-state index contributed by atoms with van der Waals surface area (Å²) in [7, 11) is -3.72. The molecule has 0 saturated carbocycles. The van der Waals surface area contributed by atoms with Crippen molar-refractivity contribution in [3.63, 3.8) is 0 Å². The zero-order valence-electron chi connectivity index (χ0n) is 12.5. The lowest BCUT2D eigenvalue weighted by atomic mass is 9.78. The molecule has 1 aliphatic rings. The maximum absolute atomic E-state index is 12.8. The molecule has 0 aliphatic carbocycles. The van der Waals surface area contributed by atoms with Gasteiger partial charge in [-0.05, 0) is 33.1 Å². The van der Waals surface area contributed by atoms with E-state index in [9.17, 15) is 18.3 Å². The third-order valence-corrected chi connectivity index (χ3v) is 6.44. The van der Waals surface area contributed by atoms with Crippen LogP contribution in [0.4, 0.5) is 0 Å². The molecule has 2 N–H and O–H groups in total. The van der Waals surface area contributed by atoms with E-state index in [4.69, 9.17) is 0 Å². The van der Waals surface area contributed by atoms with Gasteiger partial charge < -0.3 is 5.11 Å². The summed E-state index contributed by atoms with van der Waals surface area (Å²) in [5, 5.41) is 16.1. The molecule has 0 spiro atoms. The van der Waals surface area contributed by atoms with Crippen LogP contribution in [0.1, 0.15) is 37.6 Å². The van der Waals surface area contributed by atoms with E-state index in [1.807, 2.05) is 0 Å². The summed E-state index contributed by atoms with van der Waals surface area (Å²) >= 11 is 0. The third-order valence-electron chi connectivity index (χ3n) is 4.33. The largest absolute Gasteiger partial charge is 0.481 e. The Morgan fingerprint density at radius 3 is 2.62 bits per heavy atom. The number of carbonyl (C=O) groups is 1. The molecule has 1 saturated heterocycles. The fraction of sp³-hybridized carbons (Fsp3) is 0.692. The van der Waals surface area contributed by atoms with Gasteiger partial charge in [-0.25, -0.2) is 8.42 Å². The molecule has 1 aromatic heterocycles. The second kappa shape index (κ2) is 5.42. The number of piperidine rings is 1. The highest BCUT2D eigenvalue weighted by Crippen LogP contribution is 2.36. The number of sulfonamides is 1. The van der Waals surface area contributed by atoms with Gasteiger partial charge in [-0.1, -0.05) is 6.92 Å². The molecular formula is C13H21N3O4S. The summed E-state index contributed by atoms with van der Waals surface area (Å²) < 4.78 is 26.9. The molecular weight excluding hydrogens is 294 g/mol. The van der Waals surface area contributed by atoms with Crippen LogP contribution in [-0.2, 0) is 14.8 Å². The van der Waals surface area contributed by atoms with Crippen LogP contribution in [0, 0.1) is 19.3 Å². The number of H-pyrrole nitrogens is 1. The predicted molar refractivity (Wildman–Crippen MR) is 76.4 cm³/mol. The molecule has 2 rings (SSSR count). The second-order valence-electron chi connectivity index (χ2n) is 5.64. The van der Waals surface area contributed by atoms with Crippen molar-refractivity contribution >= 4 is 16.0 Å². The zero-order valence-corrected chi connectivity index (χ0v) is 13.3. The van der Waals surface area contributed by atoms with Crippen LogP contribution in [-0.4, -0.2) is 47.1 Å². The summed E-state index contributed by atoms with van der Waals surface area (Å²) in [4.78, 5) is 11.7. The number of aromatic amines is 1. The van der Waals surface area contributed by atoms with Gasteiger partial charge in [0, 0.05) is 13.1 Å². The van der Waals surface area contributed by atoms with Gasteiger partial charge >= 0.3 is 5.97 Å². The number of nitrogens with zero attached hydrogens (tertiary/aromatic N) is 2. The summed E-state index contributed by atoms with van der Waals surface area (Å²) in [6, 6.07) is 0. The van der Waals surface area contributed by atoms with Crippen molar-refractivity contribution in [3.8, 4) is 0 Å². The fourth-order valence-electron chi connectivity index (χ4n) is 2.96. The number of hydrogen-bond donors (Lipinski definition) is 2. The molecule has 7 nitrogen and oxygen atoms in total. The van der Waals surface area contributed by atoms with Crippen molar-refractivity contribution in [3.05, 3.63) is 11.4 Å². The Labute approximate surface area is 124 Å². The van der Waals surface area contributed by atoms with E-state index in [2.05, 4.69) is 10.2 Å². The predicted octanol–water partition coefficient (Wildman–Crippen LogP) is 1.29. The average Bonchev–Trinajstić information content (AvgIpc) is 2.78. The standard InChI is InChI=1S/C13H21N3O4S/c1-4-13(12(17)18)6-5-7-16(8-13)21(19,20)11-9(2)14-15-10(11)3/h4-8H2,1-3H3,(H,14,15)(H,17,18). The van der Waals surface area contributed by atoms with E-state index in [0.29, 0.717) is 37.2 Å². The molecule has 0 aromatic carbocycles. The molecule has 1 aliphatic heterocycles. The SMILES string of the molecule is CCC1(C(=O)O)CCCN(S(=O)(=O)c2c(C)n[nH]c2C)C1. The van der Waals surface area contributed by atoms with Crippen LogP contribution >= 0.6 is 0 Å². The van der Waals surface area contributed by atoms with Gasteiger partial charge in [-0.2, -0.15) is 9.40 Å². The quantitative estimate of drug-likeness (QED) is 0.871. The summed E-state index contributed by atoms with van der Waals surface area (Å²) in [6.45, 7) is 5.44. The average molecular weight is 315 g/mol. The van der Waals surface area contributed by atoms with Gasteiger partial charge in [0.15, 0.2) is 0 Å². The number of rotatable bonds is 4. The van der Waals surface area contributed by atoms with Crippen LogP contribution in [0.2, 0.25) is 0 Å². The molecule has 21 heavy (non-hydrogen) atoms. The van der Waals surface area contributed by atoms with Crippen LogP contribution in [0.3, 0.4) is 0 Å². The minimum atomic E-state index is -3.72. The van der Waals surface area contributed by atoms with E-state index in [0.717, 1.165) is 0 Å². The Balaban J connectivity index is 2.40. The summed E-state index contributed by atoms with van der Waals surface area (Å²) in [5.74, 6) is -0.925. The third kappa shape index (κ3) is 2.57. The molecule has 118 valence electrons. The first-order valence-electron chi connectivity index (χ1n) is 7.00. The van der Waals surface area contributed by atoms with E-state index in [-0.39, 0.29) is 11.4 Å². The fourth-order valence-corrected chi connectivity index (χ4v) is 4.86. The minimum Gasteiger partial charge on any atom is -0.481 e. The Hall–Kier alpha value is -1.41. The van der Waals surface area contributed by atoms with Crippen LogP contribution in [0.25, 0.3) is 0 Å². The molecule has 0 bridgehead atoms. The number of nitrogens with one attached hydrogen (secondary N) is 1. The number of carboxylic acids is 1. The van der Waals surface area contributed by atoms with Gasteiger partial charge in [0.2, 0.25) is 10.0 Å². The number of aryl methyl sites for hydroxylation is 2. The van der Waals surface area contributed by atoms with Gasteiger partial charge in [0.25, 0.3) is 0 Å². The molecule has 1 atom stereocenters. The lowest BCUT2D eigenvalue weighted by Gasteiger charge is -2.38. The van der Waals surface area contributed by atoms with Crippen LogP contribution < -0.4 is 0 Å². The van der Waals surface area contributed by atoms with Gasteiger partial charge in [-0.3, -0.25) is 9.89 Å². The summed E-state index contributed by atoms with van der Waals surface area (Å²) in [5.41, 5.74) is -0.0948. The Morgan fingerprint density at radius 1 is 1.48 bits per heavy atom. The zero-order chi connectivity index (χ0) is 15.8. The van der Waals surface area contributed by atoms with E-state index in [1.54, 1.807) is 20.8 Å². The number of hydrogen-bond acceptors (Lipinski definition) is 4. The Bertz CT molecular complexity index is 633. The van der Waals surface area contributed by atoms with Crippen molar-refractivity contribution in [2.24, 2.45) is 5.41 Å². The van der Waals surface area contributed by atoms with E-state index in [1.165, 1.54) is 4.31 Å². The summed E-state index contributed by atoms with van der Waals surface area (Å²) in [6.07, 6.45) is 1.47. The van der Waals surface area contributed by atoms with Crippen LogP contribution in [0.15, 0.2) is 4.90 Å². The van der Waals surface area contributed by atoms with Crippen molar-refractivity contribution in [1.29, 1.82) is 0 Å². The van der Waals surface area contributed by atoms with Gasteiger partial charge in [0.1, 0.15) is 4.90 Å². The maximum atomic E-state index is 12.8. The highest BCUT2D eigenvalue weighted by molar-refractivity contribution is 7.89. The molecule has 1 unspecified atom stereocenters. The monoisotopic (exact) mass is 315 g/mol. The Kier molecular flexibility index (Phi) is 4.12. The molecule has 0 amide bonds. The van der Waals surface area contributed by atoms with Crippen molar-refractivity contribution < 1.29 is 18.3 Å². The van der Waals surface area contributed by atoms with Crippen LogP contribution in [0.5, 0.6) is 0 Å². The minimum absolute atomic E-state index is 0.0191. The second-order valence-corrected chi connectivity index (χ2v) is 7.52. The lowest BCUT2D eigenvalue weighted by Crippen LogP contribution is -2.49. The first-order chi connectivity index (χ1) is 9.74. The normalized spacial score (nSPS) is 24.1. The molecule has 1 aromatic rings. The molecule has 2 heterocycles. The highest BCUT2D eigenvalue weighted by atomic mass is 32.2. The first-order valence-corrected chi connectivity index (χ1v) is 8.44. The van der Waals surface area contributed by atoms with E-state index < -0.39 is 21.4 Å². The topological polar surface area (TPSA) is 103 Å². The van der Waals surface area contributed by atoms with Gasteiger partial charge in [0.05, 0.1) is 16.8 Å². The smallest absolute Gasteiger partial charge is 0.310 e. The molecule has 0 radical (unpaired) electrons. The van der Waals surface area contributed by atoms with Crippen molar-refractivity contribution in [2.75, 3.05) is 13.1 Å². The van der Waals surface area contributed by atoms with Gasteiger partial charge in [-0.15, -0.1) is 0 Å². The number of aliphatic carboxylic acids is 1. The molecule has 1 fully saturated rings. The molecule has 8 heteroatoms. The maximum Gasteiger partial charge on any atom is 0.310 e.